The van der Waals surface area contributed by atoms with E-state index >= 15 is 0 Å². The SMILES string of the molecule is CC1CCCC(NS(=O)(=O)c2cccc(F)c2CN)CC1. The maximum Gasteiger partial charge on any atom is 0.241 e. The Bertz CT molecular complexity index is 589. The second-order valence-corrected chi connectivity index (χ2v) is 7.53. The van der Waals surface area contributed by atoms with Crippen molar-refractivity contribution in [1.29, 1.82) is 0 Å². The van der Waals surface area contributed by atoms with E-state index in [2.05, 4.69) is 11.6 Å². The molecule has 6 heteroatoms. The van der Waals surface area contributed by atoms with Crippen LogP contribution in [0, 0.1) is 11.7 Å². The Hall–Kier alpha value is -0.980. The molecule has 0 aliphatic heterocycles. The first kappa shape index (κ1) is 16.4. The molecule has 2 unspecified atom stereocenters. The van der Waals surface area contributed by atoms with E-state index < -0.39 is 15.8 Å². The van der Waals surface area contributed by atoms with E-state index in [9.17, 15) is 12.8 Å². The van der Waals surface area contributed by atoms with Crippen molar-refractivity contribution >= 4 is 10.0 Å². The molecule has 1 saturated carbocycles. The molecule has 0 heterocycles. The van der Waals surface area contributed by atoms with Gasteiger partial charge < -0.3 is 5.73 Å². The molecule has 1 aromatic carbocycles. The summed E-state index contributed by atoms with van der Waals surface area (Å²) in [6, 6.07) is 3.97. The van der Waals surface area contributed by atoms with Crippen molar-refractivity contribution in [2.75, 3.05) is 0 Å². The van der Waals surface area contributed by atoms with Gasteiger partial charge in [0.2, 0.25) is 10.0 Å². The number of hydrogen-bond acceptors (Lipinski definition) is 3. The fourth-order valence-electron chi connectivity index (χ4n) is 2.88. The zero-order valence-electron chi connectivity index (χ0n) is 12.3. The minimum atomic E-state index is -3.73. The van der Waals surface area contributed by atoms with Gasteiger partial charge in [-0.1, -0.05) is 25.8 Å². The second kappa shape index (κ2) is 6.85. The van der Waals surface area contributed by atoms with Crippen LogP contribution in [-0.4, -0.2) is 14.5 Å². The van der Waals surface area contributed by atoms with Gasteiger partial charge in [0, 0.05) is 18.2 Å². The lowest BCUT2D eigenvalue weighted by atomic mass is 10.0. The third-order valence-corrected chi connectivity index (χ3v) is 5.75. The molecule has 0 aromatic heterocycles. The van der Waals surface area contributed by atoms with Crippen molar-refractivity contribution in [3.63, 3.8) is 0 Å². The maximum atomic E-state index is 13.7. The average molecular weight is 314 g/mol. The largest absolute Gasteiger partial charge is 0.326 e. The van der Waals surface area contributed by atoms with Gasteiger partial charge in [0.05, 0.1) is 4.90 Å². The molecule has 1 aliphatic rings. The molecule has 3 N–H and O–H groups in total. The van der Waals surface area contributed by atoms with Gasteiger partial charge in [0.25, 0.3) is 0 Å². The van der Waals surface area contributed by atoms with Crippen LogP contribution in [0.3, 0.4) is 0 Å². The summed E-state index contributed by atoms with van der Waals surface area (Å²) in [5, 5.41) is 0. The number of hydrogen-bond donors (Lipinski definition) is 2. The lowest BCUT2D eigenvalue weighted by molar-refractivity contribution is 0.484. The van der Waals surface area contributed by atoms with Crippen molar-refractivity contribution in [1.82, 2.24) is 4.72 Å². The van der Waals surface area contributed by atoms with E-state index in [1.807, 2.05) is 0 Å². The van der Waals surface area contributed by atoms with E-state index in [-0.39, 0.29) is 23.0 Å². The number of nitrogens with one attached hydrogen (secondary N) is 1. The minimum absolute atomic E-state index is 0.0395. The van der Waals surface area contributed by atoms with E-state index in [0.29, 0.717) is 5.92 Å². The number of benzene rings is 1. The van der Waals surface area contributed by atoms with Crippen LogP contribution in [0.2, 0.25) is 0 Å². The smallest absolute Gasteiger partial charge is 0.241 e. The van der Waals surface area contributed by atoms with Crippen molar-refractivity contribution in [2.24, 2.45) is 11.7 Å². The molecule has 0 saturated heterocycles. The first-order chi connectivity index (χ1) is 9.94. The van der Waals surface area contributed by atoms with Crippen LogP contribution in [0.25, 0.3) is 0 Å². The van der Waals surface area contributed by atoms with E-state index in [1.165, 1.54) is 18.2 Å². The fraction of sp³-hybridized carbons (Fsp3) is 0.600. The molecule has 0 bridgehead atoms. The van der Waals surface area contributed by atoms with Crippen LogP contribution in [0.1, 0.15) is 44.6 Å². The molecule has 2 rings (SSSR count). The molecule has 4 nitrogen and oxygen atoms in total. The van der Waals surface area contributed by atoms with Gasteiger partial charge in [-0.15, -0.1) is 0 Å². The molecule has 0 spiro atoms. The normalized spacial score (nSPS) is 23.8. The molecule has 0 radical (unpaired) electrons. The summed E-state index contributed by atoms with van der Waals surface area (Å²) in [6.07, 6.45) is 4.82. The summed E-state index contributed by atoms with van der Waals surface area (Å²) in [6.45, 7) is 2.06. The molecule has 1 aliphatic carbocycles. The monoisotopic (exact) mass is 314 g/mol. The van der Waals surface area contributed by atoms with Gasteiger partial charge in [-0.3, -0.25) is 0 Å². The predicted octanol–water partition coefficient (Wildman–Crippen LogP) is 2.53. The first-order valence-electron chi connectivity index (χ1n) is 7.44. The third kappa shape index (κ3) is 4.02. The molecule has 0 amide bonds. The van der Waals surface area contributed by atoms with E-state index in [0.717, 1.165) is 32.1 Å². The van der Waals surface area contributed by atoms with Crippen molar-refractivity contribution in [2.45, 2.75) is 56.5 Å². The number of sulfonamides is 1. The highest BCUT2D eigenvalue weighted by Crippen LogP contribution is 2.25. The summed E-state index contributed by atoms with van der Waals surface area (Å²) in [4.78, 5) is -0.0395. The summed E-state index contributed by atoms with van der Waals surface area (Å²) in [7, 11) is -3.73. The lowest BCUT2D eigenvalue weighted by Crippen LogP contribution is -2.35. The molecule has 21 heavy (non-hydrogen) atoms. The second-order valence-electron chi connectivity index (χ2n) is 5.85. The van der Waals surface area contributed by atoms with Crippen LogP contribution < -0.4 is 10.5 Å². The Balaban J connectivity index is 2.20. The van der Waals surface area contributed by atoms with Crippen LogP contribution >= 0.6 is 0 Å². The van der Waals surface area contributed by atoms with Gasteiger partial charge in [0.1, 0.15) is 5.82 Å². The Morgan fingerprint density at radius 3 is 2.76 bits per heavy atom. The Kier molecular flexibility index (Phi) is 5.35. The Labute approximate surface area is 126 Å². The Morgan fingerprint density at radius 1 is 1.29 bits per heavy atom. The van der Waals surface area contributed by atoms with Crippen molar-refractivity contribution < 1.29 is 12.8 Å². The zero-order chi connectivity index (χ0) is 15.5. The van der Waals surface area contributed by atoms with Crippen molar-refractivity contribution in [3.05, 3.63) is 29.6 Å². The predicted molar refractivity (Wildman–Crippen MR) is 80.6 cm³/mol. The Morgan fingerprint density at radius 2 is 2.05 bits per heavy atom. The first-order valence-corrected chi connectivity index (χ1v) is 8.92. The van der Waals surface area contributed by atoms with Gasteiger partial charge in [-0.05, 0) is 37.3 Å². The standard InChI is InChI=1S/C15H23FN2O2S/c1-11-4-2-5-12(9-8-11)18-21(19,20)15-7-3-6-14(16)13(15)10-17/h3,6-7,11-12,18H,2,4-5,8-10,17H2,1H3. The van der Waals surface area contributed by atoms with Gasteiger partial charge in [-0.25, -0.2) is 17.5 Å². The van der Waals surface area contributed by atoms with E-state index in [1.54, 1.807) is 0 Å². The van der Waals surface area contributed by atoms with Gasteiger partial charge >= 0.3 is 0 Å². The number of rotatable bonds is 4. The molecule has 1 aromatic rings. The topological polar surface area (TPSA) is 72.2 Å². The van der Waals surface area contributed by atoms with Crippen LogP contribution in [-0.2, 0) is 16.6 Å². The quantitative estimate of drug-likeness (QED) is 0.839. The van der Waals surface area contributed by atoms with Crippen LogP contribution in [0.4, 0.5) is 4.39 Å². The van der Waals surface area contributed by atoms with Gasteiger partial charge in [-0.2, -0.15) is 0 Å². The van der Waals surface area contributed by atoms with Gasteiger partial charge in [0.15, 0.2) is 0 Å². The highest BCUT2D eigenvalue weighted by molar-refractivity contribution is 7.89. The van der Waals surface area contributed by atoms with Crippen LogP contribution in [0.15, 0.2) is 23.1 Å². The summed E-state index contributed by atoms with van der Waals surface area (Å²) >= 11 is 0. The summed E-state index contributed by atoms with van der Waals surface area (Å²) in [5.74, 6) is 0.0585. The highest BCUT2D eigenvalue weighted by Gasteiger charge is 2.25. The fourth-order valence-corrected chi connectivity index (χ4v) is 4.44. The number of halogens is 1. The van der Waals surface area contributed by atoms with E-state index in [4.69, 9.17) is 5.73 Å². The minimum Gasteiger partial charge on any atom is -0.326 e. The maximum absolute atomic E-state index is 13.7. The summed E-state index contributed by atoms with van der Waals surface area (Å²) < 4.78 is 41.4. The average Bonchev–Trinajstić information content (AvgIpc) is 2.63. The molecule has 2 atom stereocenters. The number of nitrogens with two attached hydrogens (primary N) is 1. The molecular weight excluding hydrogens is 291 g/mol. The molecule has 1 fully saturated rings. The third-order valence-electron chi connectivity index (χ3n) is 4.15. The molecule has 118 valence electrons. The highest BCUT2D eigenvalue weighted by atomic mass is 32.2. The zero-order valence-corrected chi connectivity index (χ0v) is 13.1. The van der Waals surface area contributed by atoms with Crippen LogP contribution in [0.5, 0.6) is 0 Å². The lowest BCUT2D eigenvalue weighted by Gasteiger charge is -2.18. The molecular formula is C15H23FN2O2S. The van der Waals surface area contributed by atoms with Crippen molar-refractivity contribution in [3.8, 4) is 0 Å². The summed E-state index contributed by atoms with van der Waals surface area (Å²) in [5.41, 5.74) is 5.54.